The lowest BCUT2D eigenvalue weighted by Crippen LogP contribution is -2.47. The third-order valence-corrected chi connectivity index (χ3v) is 4.50. The molecule has 2 N–H and O–H groups in total. The average molecular weight is 331 g/mol. The molecule has 1 saturated heterocycles. The van der Waals surface area contributed by atoms with Crippen molar-refractivity contribution < 1.29 is 14.3 Å². The molecule has 0 radical (unpaired) electrons. The third kappa shape index (κ3) is 4.19. The van der Waals surface area contributed by atoms with E-state index in [2.05, 4.69) is 10.6 Å². The predicted molar refractivity (Wildman–Crippen MR) is 92.1 cm³/mol. The molecule has 24 heavy (non-hydrogen) atoms. The largest absolute Gasteiger partial charge is 0.492 e. The Kier molecular flexibility index (Phi) is 5.23. The SMILES string of the molecule is CCOc1ccccc1NC(=O)NC1CCN(C(=O)C2CC2)CC1. The van der Waals surface area contributed by atoms with Gasteiger partial charge in [-0.25, -0.2) is 4.79 Å². The molecule has 0 spiro atoms. The molecule has 1 aromatic carbocycles. The second-order valence-electron chi connectivity index (χ2n) is 6.40. The Hall–Kier alpha value is -2.24. The van der Waals surface area contributed by atoms with E-state index in [-0.39, 0.29) is 18.0 Å². The lowest BCUT2D eigenvalue weighted by Gasteiger charge is -2.32. The summed E-state index contributed by atoms with van der Waals surface area (Å²) >= 11 is 0. The van der Waals surface area contributed by atoms with Crippen LogP contribution < -0.4 is 15.4 Å². The highest BCUT2D eigenvalue weighted by molar-refractivity contribution is 5.91. The molecule has 0 unspecified atom stereocenters. The van der Waals surface area contributed by atoms with E-state index in [4.69, 9.17) is 4.74 Å². The van der Waals surface area contributed by atoms with Crippen LogP contribution in [0.3, 0.4) is 0 Å². The lowest BCUT2D eigenvalue weighted by atomic mass is 10.0. The van der Waals surface area contributed by atoms with Gasteiger partial charge in [0, 0.05) is 25.0 Å². The summed E-state index contributed by atoms with van der Waals surface area (Å²) in [6.07, 6.45) is 3.69. The molecular formula is C18H25N3O3. The van der Waals surface area contributed by atoms with Crippen molar-refractivity contribution in [3.8, 4) is 5.75 Å². The van der Waals surface area contributed by atoms with Crippen molar-refractivity contribution in [1.82, 2.24) is 10.2 Å². The van der Waals surface area contributed by atoms with E-state index in [9.17, 15) is 9.59 Å². The minimum Gasteiger partial charge on any atom is -0.492 e. The quantitative estimate of drug-likeness (QED) is 0.871. The van der Waals surface area contributed by atoms with Gasteiger partial charge in [0.05, 0.1) is 12.3 Å². The molecule has 2 aliphatic rings. The van der Waals surface area contributed by atoms with Crippen LogP contribution in [0, 0.1) is 5.92 Å². The molecule has 1 aliphatic carbocycles. The highest BCUT2D eigenvalue weighted by atomic mass is 16.5. The minimum absolute atomic E-state index is 0.104. The van der Waals surface area contributed by atoms with E-state index in [1.54, 1.807) is 0 Å². The highest BCUT2D eigenvalue weighted by Crippen LogP contribution is 2.32. The maximum absolute atomic E-state index is 12.2. The third-order valence-electron chi connectivity index (χ3n) is 4.50. The number of nitrogens with zero attached hydrogens (tertiary/aromatic N) is 1. The first-order chi connectivity index (χ1) is 11.7. The van der Waals surface area contributed by atoms with Gasteiger partial charge < -0.3 is 20.3 Å². The number of benzene rings is 1. The molecule has 6 heteroatoms. The van der Waals surface area contributed by atoms with Crippen LogP contribution in [0.15, 0.2) is 24.3 Å². The first-order valence-corrected chi connectivity index (χ1v) is 8.75. The zero-order valence-electron chi connectivity index (χ0n) is 14.1. The van der Waals surface area contributed by atoms with Gasteiger partial charge in [-0.1, -0.05) is 12.1 Å². The number of ether oxygens (including phenoxy) is 1. The van der Waals surface area contributed by atoms with E-state index < -0.39 is 0 Å². The Bertz CT molecular complexity index is 593. The summed E-state index contributed by atoms with van der Waals surface area (Å²) in [6, 6.07) is 7.27. The number of carbonyl (C=O) groups excluding carboxylic acids is 2. The molecule has 0 bridgehead atoms. The zero-order chi connectivity index (χ0) is 16.9. The van der Waals surface area contributed by atoms with Crippen LogP contribution in [0.1, 0.15) is 32.6 Å². The molecule has 1 aromatic rings. The number of hydrogen-bond acceptors (Lipinski definition) is 3. The molecule has 3 rings (SSSR count). The fraction of sp³-hybridized carbons (Fsp3) is 0.556. The molecule has 6 nitrogen and oxygen atoms in total. The van der Waals surface area contributed by atoms with Gasteiger partial charge in [0.15, 0.2) is 0 Å². The van der Waals surface area contributed by atoms with Crippen LogP contribution in [-0.4, -0.2) is 42.6 Å². The topological polar surface area (TPSA) is 70.7 Å². The number of urea groups is 1. The second-order valence-corrected chi connectivity index (χ2v) is 6.40. The summed E-state index contributed by atoms with van der Waals surface area (Å²) < 4.78 is 5.51. The van der Waals surface area contributed by atoms with Crippen LogP contribution in [0.5, 0.6) is 5.75 Å². The summed E-state index contributed by atoms with van der Waals surface area (Å²) in [5.74, 6) is 1.23. The van der Waals surface area contributed by atoms with Gasteiger partial charge in [-0.05, 0) is 44.7 Å². The molecule has 3 amide bonds. The lowest BCUT2D eigenvalue weighted by molar-refractivity contribution is -0.133. The molecule has 1 saturated carbocycles. The van der Waals surface area contributed by atoms with Gasteiger partial charge in [0.1, 0.15) is 5.75 Å². The van der Waals surface area contributed by atoms with Gasteiger partial charge in [0.2, 0.25) is 5.91 Å². The summed E-state index contributed by atoms with van der Waals surface area (Å²) in [5.41, 5.74) is 0.665. The number of rotatable bonds is 5. The Morgan fingerprint density at radius 3 is 2.54 bits per heavy atom. The van der Waals surface area contributed by atoms with E-state index in [1.807, 2.05) is 36.1 Å². The number of nitrogens with one attached hydrogen (secondary N) is 2. The van der Waals surface area contributed by atoms with Crippen LogP contribution in [0.2, 0.25) is 0 Å². The average Bonchev–Trinajstić information content (AvgIpc) is 3.42. The fourth-order valence-corrected chi connectivity index (χ4v) is 3.03. The molecule has 1 aliphatic heterocycles. The van der Waals surface area contributed by atoms with E-state index in [0.29, 0.717) is 24.0 Å². The fourth-order valence-electron chi connectivity index (χ4n) is 3.03. The van der Waals surface area contributed by atoms with Crippen LogP contribution in [0.25, 0.3) is 0 Å². The van der Waals surface area contributed by atoms with Crippen molar-refractivity contribution >= 4 is 17.6 Å². The monoisotopic (exact) mass is 331 g/mol. The van der Waals surface area contributed by atoms with E-state index in [0.717, 1.165) is 38.8 Å². The van der Waals surface area contributed by atoms with Crippen LogP contribution in [0.4, 0.5) is 10.5 Å². The number of amides is 3. The van der Waals surface area contributed by atoms with Crippen LogP contribution in [-0.2, 0) is 4.79 Å². The number of carbonyl (C=O) groups is 2. The van der Waals surface area contributed by atoms with Crippen molar-refractivity contribution in [3.63, 3.8) is 0 Å². The molecular weight excluding hydrogens is 306 g/mol. The zero-order valence-corrected chi connectivity index (χ0v) is 14.1. The van der Waals surface area contributed by atoms with Gasteiger partial charge in [-0.2, -0.15) is 0 Å². The normalized spacial score (nSPS) is 18.1. The number of para-hydroxylation sites is 2. The maximum Gasteiger partial charge on any atom is 0.319 e. The summed E-state index contributed by atoms with van der Waals surface area (Å²) in [6.45, 7) is 3.92. The predicted octanol–water partition coefficient (Wildman–Crippen LogP) is 2.61. The number of anilines is 1. The van der Waals surface area contributed by atoms with Crippen molar-refractivity contribution in [3.05, 3.63) is 24.3 Å². The molecule has 0 aromatic heterocycles. The van der Waals surface area contributed by atoms with Crippen molar-refractivity contribution in [1.29, 1.82) is 0 Å². The van der Waals surface area contributed by atoms with E-state index >= 15 is 0 Å². The van der Waals surface area contributed by atoms with Crippen molar-refractivity contribution in [2.24, 2.45) is 5.92 Å². The van der Waals surface area contributed by atoms with Crippen LogP contribution >= 0.6 is 0 Å². The van der Waals surface area contributed by atoms with Gasteiger partial charge in [0.25, 0.3) is 0 Å². The van der Waals surface area contributed by atoms with Crippen molar-refractivity contribution in [2.45, 2.75) is 38.6 Å². The molecule has 2 fully saturated rings. The molecule has 130 valence electrons. The van der Waals surface area contributed by atoms with Gasteiger partial charge >= 0.3 is 6.03 Å². The molecule has 1 heterocycles. The van der Waals surface area contributed by atoms with E-state index in [1.165, 1.54) is 0 Å². The Labute approximate surface area is 142 Å². The molecule has 0 atom stereocenters. The standard InChI is InChI=1S/C18H25N3O3/c1-2-24-16-6-4-3-5-15(16)20-18(23)19-14-9-11-21(12-10-14)17(22)13-7-8-13/h3-6,13-14H,2,7-12H2,1H3,(H2,19,20,23). The van der Waals surface area contributed by atoms with Gasteiger partial charge in [-0.3, -0.25) is 4.79 Å². The Balaban J connectivity index is 1.47. The smallest absolute Gasteiger partial charge is 0.319 e. The Morgan fingerprint density at radius 2 is 1.88 bits per heavy atom. The first-order valence-electron chi connectivity index (χ1n) is 8.75. The second kappa shape index (κ2) is 7.55. The van der Waals surface area contributed by atoms with Crippen molar-refractivity contribution in [2.75, 3.05) is 25.0 Å². The summed E-state index contributed by atoms with van der Waals surface area (Å²) in [4.78, 5) is 26.2. The summed E-state index contributed by atoms with van der Waals surface area (Å²) in [5, 5.41) is 5.85. The summed E-state index contributed by atoms with van der Waals surface area (Å²) in [7, 11) is 0. The highest BCUT2D eigenvalue weighted by Gasteiger charge is 2.35. The first kappa shape index (κ1) is 16.6. The number of likely N-dealkylation sites (tertiary alicyclic amines) is 1. The van der Waals surface area contributed by atoms with Gasteiger partial charge in [-0.15, -0.1) is 0 Å². The minimum atomic E-state index is -0.228. The Morgan fingerprint density at radius 1 is 1.17 bits per heavy atom. The maximum atomic E-state index is 12.2. The number of piperidine rings is 1. The number of hydrogen-bond donors (Lipinski definition) is 2.